The van der Waals surface area contributed by atoms with Crippen LogP contribution >= 0.6 is 0 Å². The fourth-order valence-corrected chi connectivity index (χ4v) is 4.43. The van der Waals surface area contributed by atoms with Crippen molar-refractivity contribution in [3.63, 3.8) is 0 Å². The van der Waals surface area contributed by atoms with Gasteiger partial charge in [0, 0.05) is 48.2 Å². The summed E-state index contributed by atoms with van der Waals surface area (Å²) in [5.74, 6) is -0.208. The minimum Gasteiger partial charge on any atom is -0.450 e. The number of rotatable bonds is 7. The Labute approximate surface area is 193 Å². The van der Waals surface area contributed by atoms with Gasteiger partial charge in [0.2, 0.25) is 5.91 Å². The number of aromatic nitrogens is 1. The summed E-state index contributed by atoms with van der Waals surface area (Å²) in [6.07, 6.45) is 4.19. The van der Waals surface area contributed by atoms with E-state index in [9.17, 15) is 14.0 Å². The van der Waals surface area contributed by atoms with Gasteiger partial charge in [-0.25, -0.2) is 9.18 Å². The second-order valence-electron chi connectivity index (χ2n) is 8.42. The average molecular weight is 452 g/mol. The summed E-state index contributed by atoms with van der Waals surface area (Å²) in [4.78, 5) is 26.1. The summed E-state index contributed by atoms with van der Waals surface area (Å²) in [5.41, 5.74) is 2.74. The van der Waals surface area contributed by atoms with Crippen LogP contribution in [-0.4, -0.2) is 47.2 Å². The molecule has 1 aliphatic heterocycles. The number of carbonyl (C=O) groups is 2. The molecule has 0 radical (unpaired) electrons. The lowest BCUT2D eigenvalue weighted by atomic mass is 10.0. The highest BCUT2D eigenvalue weighted by atomic mass is 19.1. The minimum absolute atomic E-state index is 0.00974. The van der Waals surface area contributed by atoms with Crippen LogP contribution < -0.4 is 5.32 Å². The third-order valence-corrected chi connectivity index (χ3v) is 6.18. The van der Waals surface area contributed by atoms with Crippen molar-refractivity contribution in [2.45, 2.75) is 45.2 Å². The SMILES string of the molecule is CCOC(=O)N1CCC(NC(=O)CCc2cn(Cc3ccccc3F)c3ccccc23)CC1. The fourth-order valence-electron chi connectivity index (χ4n) is 4.43. The van der Waals surface area contributed by atoms with E-state index >= 15 is 0 Å². The van der Waals surface area contributed by atoms with Gasteiger partial charge in [-0.2, -0.15) is 0 Å². The van der Waals surface area contributed by atoms with Crippen LogP contribution in [0.1, 0.15) is 37.3 Å². The monoisotopic (exact) mass is 451 g/mol. The molecule has 174 valence electrons. The van der Waals surface area contributed by atoms with Crippen LogP contribution in [0.3, 0.4) is 0 Å². The summed E-state index contributed by atoms with van der Waals surface area (Å²) in [5, 5.41) is 4.20. The molecule has 1 N–H and O–H groups in total. The Morgan fingerprint density at radius 2 is 1.79 bits per heavy atom. The van der Waals surface area contributed by atoms with Crippen LogP contribution in [0, 0.1) is 5.82 Å². The lowest BCUT2D eigenvalue weighted by Crippen LogP contribution is -2.46. The summed E-state index contributed by atoms with van der Waals surface area (Å²) in [6.45, 7) is 3.79. The van der Waals surface area contributed by atoms with Gasteiger partial charge >= 0.3 is 6.09 Å². The van der Waals surface area contributed by atoms with Crippen molar-refractivity contribution >= 4 is 22.9 Å². The lowest BCUT2D eigenvalue weighted by Gasteiger charge is -2.31. The van der Waals surface area contributed by atoms with Gasteiger partial charge in [-0.3, -0.25) is 4.79 Å². The number of amides is 2. The number of piperidine rings is 1. The third kappa shape index (κ3) is 5.53. The van der Waals surface area contributed by atoms with Crippen molar-refractivity contribution in [2.75, 3.05) is 19.7 Å². The number of hydrogen-bond donors (Lipinski definition) is 1. The second kappa shape index (κ2) is 10.5. The number of aryl methyl sites for hydroxylation is 1. The summed E-state index contributed by atoms with van der Waals surface area (Å²) in [6, 6.07) is 14.9. The molecule has 0 spiro atoms. The zero-order chi connectivity index (χ0) is 23.2. The van der Waals surface area contributed by atoms with Gasteiger partial charge in [0.15, 0.2) is 0 Å². The van der Waals surface area contributed by atoms with E-state index in [0.29, 0.717) is 44.6 Å². The topological polar surface area (TPSA) is 63.6 Å². The van der Waals surface area contributed by atoms with Crippen molar-refractivity contribution in [3.05, 3.63) is 71.7 Å². The predicted molar refractivity (Wildman–Crippen MR) is 126 cm³/mol. The van der Waals surface area contributed by atoms with Crippen molar-refractivity contribution in [3.8, 4) is 0 Å². The van der Waals surface area contributed by atoms with E-state index < -0.39 is 0 Å². The third-order valence-electron chi connectivity index (χ3n) is 6.18. The lowest BCUT2D eigenvalue weighted by molar-refractivity contribution is -0.122. The quantitative estimate of drug-likeness (QED) is 0.575. The number of halogens is 1. The molecule has 33 heavy (non-hydrogen) atoms. The Kier molecular flexibility index (Phi) is 7.27. The number of nitrogens with one attached hydrogen (secondary N) is 1. The molecular formula is C26H30FN3O3. The second-order valence-corrected chi connectivity index (χ2v) is 8.42. The highest BCUT2D eigenvalue weighted by Crippen LogP contribution is 2.24. The molecule has 1 aromatic heterocycles. The van der Waals surface area contributed by atoms with Gasteiger partial charge < -0.3 is 19.5 Å². The van der Waals surface area contributed by atoms with Crippen molar-refractivity contribution in [2.24, 2.45) is 0 Å². The van der Waals surface area contributed by atoms with Gasteiger partial charge in [0.05, 0.1) is 13.2 Å². The summed E-state index contributed by atoms with van der Waals surface area (Å²) in [7, 11) is 0. The molecule has 0 bridgehead atoms. The molecule has 1 saturated heterocycles. The number of benzene rings is 2. The molecule has 0 aliphatic carbocycles. The van der Waals surface area contributed by atoms with Crippen molar-refractivity contribution in [1.29, 1.82) is 0 Å². The number of ether oxygens (including phenoxy) is 1. The number of likely N-dealkylation sites (tertiary alicyclic amines) is 1. The predicted octanol–water partition coefficient (Wildman–Crippen LogP) is 4.50. The van der Waals surface area contributed by atoms with E-state index in [-0.39, 0.29) is 23.9 Å². The zero-order valence-electron chi connectivity index (χ0n) is 18.9. The Hall–Kier alpha value is -3.35. The smallest absolute Gasteiger partial charge is 0.409 e. The molecule has 2 amide bonds. The Morgan fingerprint density at radius 3 is 2.55 bits per heavy atom. The molecule has 3 aromatic rings. The maximum Gasteiger partial charge on any atom is 0.409 e. The van der Waals surface area contributed by atoms with Crippen molar-refractivity contribution < 1.29 is 18.7 Å². The van der Waals surface area contributed by atoms with Crippen LogP contribution in [0.5, 0.6) is 0 Å². The van der Waals surface area contributed by atoms with Gasteiger partial charge in [0.25, 0.3) is 0 Å². The molecule has 1 aliphatic rings. The molecule has 0 unspecified atom stereocenters. The van der Waals surface area contributed by atoms with E-state index in [0.717, 1.165) is 29.3 Å². The maximum absolute atomic E-state index is 14.2. The van der Waals surface area contributed by atoms with E-state index in [1.807, 2.05) is 41.1 Å². The first-order valence-corrected chi connectivity index (χ1v) is 11.6. The largest absolute Gasteiger partial charge is 0.450 e. The first-order valence-electron chi connectivity index (χ1n) is 11.6. The fraction of sp³-hybridized carbons (Fsp3) is 0.385. The summed E-state index contributed by atoms with van der Waals surface area (Å²) < 4.78 is 21.3. The zero-order valence-corrected chi connectivity index (χ0v) is 18.9. The standard InChI is InChI=1S/C26H30FN3O3/c1-2-33-26(32)29-15-13-21(14-16-29)28-25(31)12-11-19-17-30(24-10-6-4-8-22(19)24)18-20-7-3-5-9-23(20)27/h3-10,17,21H,2,11-16,18H2,1H3,(H,28,31). The van der Waals surface area contributed by atoms with Crippen LogP contribution in [-0.2, 0) is 22.5 Å². The van der Waals surface area contributed by atoms with Gasteiger partial charge in [0.1, 0.15) is 5.82 Å². The molecule has 1 fully saturated rings. The molecular weight excluding hydrogens is 421 g/mol. The van der Waals surface area contributed by atoms with Crippen LogP contribution in [0.4, 0.5) is 9.18 Å². The normalized spacial score (nSPS) is 14.4. The van der Waals surface area contributed by atoms with Crippen LogP contribution in [0.15, 0.2) is 54.7 Å². The number of carbonyl (C=O) groups excluding carboxylic acids is 2. The van der Waals surface area contributed by atoms with Crippen LogP contribution in [0.2, 0.25) is 0 Å². The molecule has 7 heteroatoms. The van der Waals surface area contributed by atoms with Gasteiger partial charge in [-0.15, -0.1) is 0 Å². The first kappa shape index (κ1) is 22.8. The highest BCUT2D eigenvalue weighted by Gasteiger charge is 2.24. The van der Waals surface area contributed by atoms with Gasteiger partial charge in [-0.05, 0) is 43.9 Å². The average Bonchev–Trinajstić information content (AvgIpc) is 3.17. The number of nitrogens with zero attached hydrogens (tertiary/aromatic N) is 2. The minimum atomic E-state index is -0.283. The molecule has 0 saturated carbocycles. The number of hydrogen-bond acceptors (Lipinski definition) is 3. The van der Waals surface area contributed by atoms with Crippen molar-refractivity contribution in [1.82, 2.24) is 14.8 Å². The molecule has 0 atom stereocenters. The van der Waals surface area contributed by atoms with E-state index in [1.54, 1.807) is 24.0 Å². The van der Waals surface area contributed by atoms with E-state index in [2.05, 4.69) is 5.32 Å². The Balaban J connectivity index is 1.35. The number of fused-ring (bicyclic) bond motifs is 1. The maximum atomic E-state index is 14.2. The molecule has 2 heterocycles. The Morgan fingerprint density at radius 1 is 1.06 bits per heavy atom. The first-order chi connectivity index (χ1) is 16.0. The molecule has 6 nitrogen and oxygen atoms in total. The highest BCUT2D eigenvalue weighted by molar-refractivity contribution is 5.85. The molecule has 4 rings (SSSR count). The molecule has 2 aromatic carbocycles. The van der Waals surface area contributed by atoms with E-state index in [4.69, 9.17) is 4.74 Å². The number of para-hydroxylation sites is 1. The van der Waals surface area contributed by atoms with Gasteiger partial charge in [-0.1, -0.05) is 36.4 Å². The Bertz CT molecular complexity index is 1120. The van der Waals surface area contributed by atoms with Crippen LogP contribution in [0.25, 0.3) is 10.9 Å². The summed E-state index contributed by atoms with van der Waals surface area (Å²) >= 11 is 0. The van der Waals surface area contributed by atoms with E-state index in [1.165, 1.54) is 6.07 Å².